The minimum atomic E-state index is -0.344. The number of imidazole rings is 1. The zero-order valence-corrected chi connectivity index (χ0v) is 19.7. The zero-order valence-electron chi connectivity index (χ0n) is 19.7. The molecule has 3 aromatic heterocycles. The number of anilines is 3. The quantitative estimate of drug-likeness (QED) is 0.430. The van der Waals surface area contributed by atoms with Crippen LogP contribution in [0.15, 0.2) is 55.0 Å². The Balaban J connectivity index is 1.27. The van der Waals surface area contributed by atoms with E-state index in [4.69, 9.17) is 9.47 Å². The van der Waals surface area contributed by atoms with Crippen LogP contribution in [0.2, 0.25) is 0 Å². The van der Waals surface area contributed by atoms with E-state index in [0.29, 0.717) is 42.5 Å². The van der Waals surface area contributed by atoms with Crippen molar-refractivity contribution < 1.29 is 18.7 Å². The molecular weight excluding hydrogens is 463 g/mol. The van der Waals surface area contributed by atoms with Gasteiger partial charge in [-0.1, -0.05) is 6.07 Å². The van der Waals surface area contributed by atoms with E-state index in [2.05, 4.69) is 25.5 Å². The minimum absolute atomic E-state index is 0.0353. The highest BCUT2D eigenvalue weighted by Gasteiger charge is 2.27. The monoisotopic (exact) mass is 488 g/mol. The van der Waals surface area contributed by atoms with Crippen molar-refractivity contribution in [2.75, 3.05) is 43.6 Å². The molecule has 10 heteroatoms. The molecule has 1 saturated heterocycles. The first-order valence-electron chi connectivity index (χ1n) is 11.8. The number of morpholine rings is 1. The average Bonchev–Trinajstić information content (AvgIpc) is 3.49. The second-order valence-corrected chi connectivity index (χ2v) is 8.83. The Hall–Kier alpha value is -4.02. The van der Waals surface area contributed by atoms with Gasteiger partial charge in [0.05, 0.1) is 54.3 Å². The number of halogens is 1. The first-order chi connectivity index (χ1) is 17.6. The van der Waals surface area contributed by atoms with Crippen molar-refractivity contribution >= 4 is 28.7 Å². The molecule has 1 atom stereocenters. The van der Waals surface area contributed by atoms with Gasteiger partial charge < -0.3 is 25.0 Å². The topological polar surface area (TPSA) is 93.0 Å². The van der Waals surface area contributed by atoms with Crippen LogP contribution in [0.4, 0.5) is 21.6 Å². The summed E-state index contributed by atoms with van der Waals surface area (Å²) >= 11 is 0. The SMILES string of the molecule is COC[C@H]1CN(c2ccc(Nc3ccc(-c4cnc5cc(F)ccn45)c4c3C(=O)NC4)nc2)CCO1. The number of amides is 1. The number of benzene rings is 1. The van der Waals surface area contributed by atoms with Crippen molar-refractivity contribution in [3.05, 3.63) is 71.9 Å². The van der Waals surface area contributed by atoms with E-state index in [0.717, 1.165) is 35.6 Å². The van der Waals surface area contributed by atoms with Gasteiger partial charge in [-0.25, -0.2) is 14.4 Å². The number of nitrogens with one attached hydrogen (secondary N) is 2. The van der Waals surface area contributed by atoms with Gasteiger partial charge in [-0.05, 0) is 29.8 Å². The first kappa shape index (κ1) is 22.4. The maximum Gasteiger partial charge on any atom is 0.254 e. The van der Waals surface area contributed by atoms with Crippen LogP contribution < -0.4 is 15.5 Å². The summed E-state index contributed by atoms with van der Waals surface area (Å²) in [5.74, 6) is 0.145. The highest BCUT2D eigenvalue weighted by Crippen LogP contribution is 2.35. The molecule has 0 aliphatic carbocycles. The predicted octanol–water partition coefficient (Wildman–Crippen LogP) is 3.37. The van der Waals surface area contributed by atoms with E-state index < -0.39 is 0 Å². The van der Waals surface area contributed by atoms with Crippen LogP contribution in [0.3, 0.4) is 0 Å². The summed E-state index contributed by atoms with van der Waals surface area (Å²) in [6.45, 7) is 3.13. The molecule has 36 heavy (non-hydrogen) atoms. The zero-order chi connectivity index (χ0) is 24.6. The molecule has 1 aromatic carbocycles. The Morgan fingerprint density at radius 3 is 2.97 bits per heavy atom. The molecular formula is C26H25FN6O3. The molecule has 5 heterocycles. The second-order valence-electron chi connectivity index (χ2n) is 8.83. The fraction of sp³-hybridized carbons (Fsp3) is 0.269. The van der Waals surface area contributed by atoms with Crippen LogP contribution in [0, 0.1) is 5.82 Å². The molecule has 6 rings (SSSR count). The molecule has 2 N–H and O–H groups in total. The Morgan fingerprint density at radius 2 is 2.14 bits per heavy atom. The van der Waals surface area contributed by atoms with Gasteiger partial charge in [-0.2, -0.15) is 0 Å². The van der Waals surface area contributed by atoms with Crippen molar-refractivity contribution in [2.45, 2.75) is 12.6 Å². The van der Waals surface area contributed by atoms with E-state index in [9.17, 15) is 9.18 Å². The number of carbonyl (C=O) groups is 1. The molecule has 0 bridgehead atoms. The number of hydrogen-bond donors (Lipinski definition) is 2. The standard InChI is InChI=1S/C26H25FN6O3/c1-35-15-18-14-32(8-9-36-18)17-2-5-23(28-11-17)31-21-4-3-19(20-12-30-26(34)25(20)21)22-13-29-24-10-16(27)6-7-33(22)24/h2-7,10-11,13,18H,8-9,12,14-15H2,1H3,(H,28,31)(H,30,34)/t18-/m1/s1. The fourth-order valence-electron chi connectivity index (χ4n) is 4.87. The molecule has 0 radical (unpaired) electrons. The summed E-state index contributed by atoms with van der Waals surface area (Å²) in [4.78, 5) is 23.9. The third-order valence-corrected chi connectivity index (χ3v) is 6.58. The van der Waals surface area contributed by atoms with Crippen LogP contribution in [-0.4, -0.2) is 59.8 Å². The number of nitrogens with zero attached hydrogens (tertiary/aromatic N) is 4. The molecule has 9 nitrogen and oxygen atoms in total. The van der Waals surface area contributed by atoms with E-state index >= 15 is 0 Å². The van der Waals surface area contributed by atoms with Gasteiger partial charge in [-0.3, -0.25) is 9.20 Å². The van der Waals surface area contributed by atoms with Gasteiger partial charge in [0.15, 0.2) is 0 Å². The number of ether oxygens (including phenoxy) is 2. The predicted molar refractivity (Wildman–Crippen MR) is 133 cm³/mol. The van der Waals surface area contributed by atoms with Crippen LogP contribution in [0.5, 0.6) is 0 Å². The number of pyridine rings is 2. The van der Waals surface area contributed by atoms with Crippen LogP contribution in [-0.2, 0) is 16.0 Å². The third kappa shape index (κ3) is 4.04. The molecule has 0 unspecified atom stereocenters. The normalized spacial score (nSPS) is 17.3. The lowest BCUT2D eigenvalue weighted by molar-refractivity contribution is -0.0100. The van der Waals surface area contributed by atoms with Gasteiger partial charge >= 0.3 is 0 Å². The molecule has 2 aliphatic heterocycles. The van der Waals surface area contributed by atoms with Crippen LogP contribution >= 0.6 is 0 Å². The second kappa shape index (κ2) is 9.21. The van der Waals surface area contributed by atoms with E-state index in [1.807, 2.05) is 34.9 Å². The Bertz CT molecular complexity index is 1440. The van der Waals surface area contributed by atoms with Crippen molar-refractivity contribution in [1.82, 2.24) is 19.7 Å². The maximum absolute atomic E-state index is 13.6. The smallest absolute Gasteiger partial charge is 0.254 e. The Morgan fingerprint density at radius 1 is 1.22 bits per heavy atom. The molecule has 4 aromatic rings. The number of rotatable bonds is 6. The van der Waals surface area contributed by atoms with E-state index in [1.54, 1.807) is 19.5 Å². The van der Waals surface area contributed by atoms with Gasteiger partial charge in [0.2, 0.25) is 0 Å². The largest absolute Gasteiger partial charge is 0.382 e. The molecule has 0 saturated carbocycles. The Labute approximate surface area is 206 Å². The van der Waals surface area contributed by atoms with Gasteiger partial charge in [0.1, 0.15) is 17.3 Å². The van der Waals surface area contributed by atoms with Gasteiger partial charge in [-0.15, -0.1) is 0 Å². The van der Waals surface area contributed by atoms with Crippen LogP contribution in [0.1, 0.15) is 15.9 Å². The third-order valence-electron chi connectivity index (χ3n) is 6.58. The molecule has 1 fully saturated rings. The number of fused-ring (bicyclic) bond motifs is 2. The molecule has 1 amide bonds. The van der Waals surface area contributed by atoms with Crippen molar-refractivity contribution in [3.8, 4) is 11.3 Å². The summed E-state index contributed by atoms with van der Waals surface area (Å²) in [5.41, 5.74) is 5.30. The lowest BCUT2D eigenvalue weighted by Gasteiger charge is -2.34. The highest BCUT2D eigenvalue weighted by atomic mass is 19.1. The molecule has 2 aliphatic rings. The summed E-state index contributed by atoms with van der Waals surface area (Å²) in [6, 6.07) is 10.5. The van der Waals surface area contributed by atoms with Crippen LogP contribution in [0.25, 0.3) is 16.9 Å². The average molecular weight is 489 g/mol. The summed E-state index contributed by atoms with van der Waals surface area (Å²) < 4.78 is 26.4. The summed E-state index contributed by atoms with van der Waals surface area (Å²) in [7, 11) is 1.67. The first-order valence-corrected chi connectivity index (χ1v) is 11.8. The Kier molecular flexibility index (Phi) is 5.74. The van der Waals surface area contributed by atoms with Crippen molar-refractivity contribution in [1.29, 1.82) is 0 Å². The van der Waals surface area contributed by atoms with Gasteiger partial charge in [0, 0.05) is 44.6 Å². The lowest BCUT2D eigenvalue weighted by atomic mass is 9.99. The van der Waals surface area contributed by atoms with E-state index in [1.165, 1.54) is 12.1 Å². The summed E-state index contributed by atoms with van der Waals surface area (Å²) in [5, 5.41) is 6.22. The maximum atomic E-state index is 13.6. The number of methoxy groups -OCH3 is 1. The summed E-state index contributed by atoms with van der Waals surface area (Å²) in [6.07, 6.45) is 5.20. The highest BCUT2D eigenvalue weighted by molar-refractivity contribution is 6.06. The number of aromatic nitrogens is 3. The van der Waals surface area contributed by atoms with Crippen molar-refractivity contribution in [2.24, 2.45) is 0 Å². The molecule has 184 valence electrons. The number of carbonyl (C=O) groups excluding carboxylic acids is 1. The number of hydrogen-bond acceptors (Lipinski definition) is 7. The van der Waals surface area contributed by atoms with Crippen molar-refractivity contribution in [3.63, 3.8) is 0 Å². The van der Waals surface area contributed by atoms with Gasteiger partial charge in [0.25, 0.3) is 5.91 Å². The lowest BCUT2D eigenvalue weighted by Crippen LogP contribution is -2.44. The van der Waals surface area contributed by atoms with E-state index in [-0.39, 0.29) is 17.8 Å². The molecule has 0 spiro atoms. The fourth-order valence-corrected chi connectivity index (χ4v) is 4.87. The minimum Gasteiger partial charge on any atom is -0.382 e.